The Bertz CT molecular complexity index is 390. The topological polar surface area (TPSA) is 73.4 Å². The van der Waals surface area contributed by atoms with Gasteiger partial charge in [-0.15, -0.1) is 0 Å². The first kappa shape index (κ1) is 11.9. The van der Waals surface area contributed by atoms with Gasteiger partial charge in [-0.1, -0.05) is 0 Å². The molecule has 1 aromatic heterocycles. The number of aryl methyl sites for hydroxylation is 1. The molecule has 1 saturated heterocycles. The van der Waals surface area contributed by atoms with Crippen LogP contribution in [0, 0.1) is 0 Å². The van der Waals surface area contributed by atoms with E-state index in [0.29, 0.717) is 17.9 Å². The van der Waals surface area contributed by atoms with Gasteiger partial charge in [0.05, 0.1) is 18.0 Å². The van der Waals surface area contributed by atoms with Crippen molar-refractivity contribution in [3.8, 4) is 0 Å². The van der Waals surface area contributed by atoms with Crippen LogP contribution in [0.2, 0.25) is 0 Å². The molecule has 2 rings (SSSR count). The molecule has 1 aliphatic heterocycles. The smallest absolute Gasteiger partial charge is 0.274 e. The number of hydrogen-bond acceptors (Lipinski definition) is 4. The number of anilines is 1. The Morgan fingerprint density at radius 2 is 2.53 bits per heavy atom. The molecule has 1 fully saturated rings. The Labute approximate surface area is 100 Å². The van der Waals surface area contributed by atoms with E-state index in [4.69, 9.17) is 10.5 Å². The lowest BCUT2D eigenvalue weighted by Crippen LogP contribution is -2.35. The van der Waals surface area contributed by atoms with E-state index in [1.54, 1.807) is 19.0 Å². The predicted octanol–water partition coefficient (Wildman–Crippen LogP) is 0.253. The van der Waals surface area contributed by atoms with Gasteiger partial charge in [0.2, 0.25) is 0 Å². The van der Waals surface area contributed by atoms with Crippen molar-refractivity contribution in [2.24, 2.45) is 7.05 Å². The minimum absolute atomic E-state index is 0.113. The molecular formula is C11H18N4O2. The van der Waals surface area contributed by atoms with Gasteiger partial charge in [0, 0.05) is 27.2 Å². The number of nitrogens with two attached hydrogens (primary N) is 1. The number of aromatic nitrogens is 2. The Morgan fingerprint density at radius 3 is 3.06 bits per heavy atom. The van der Waals surface area contributed by atoms with Crippen molar-refractivity contribution in [1.82, 2.24) is 14.7 Å². The highest BCUT2D eigenvalue weighted by atomic mass is 16.5. The average molecular weight is 238 g/mol. The number of rotatable bonds is 3. The SMILES string of the molecule is CN(CC1CCCO1)C(=O)c1c(N)cnn1C. The highest BCUT2D eigenvalue weighted by Gasteiger charge is 2.23. The summed E-state index contributed by atoms with van der Waals surface area (Å²) in [4.78, 5) is 13.8. The number of nitrogen functional groups attached to an aromatic ring is 1. The van der Waals surface area contributed by atoms with Gasteiger partial charge in [0.1, 0.15) is 5.69 Å². The molecule has 17 heavy (non-hydrogen) atoms. The number of amides is 1. The summed E-state index contributed by atoms with van der Waals surface area (Å²) in [5, 5.41) is 3.96. The Kier molecular flexibility index (Phi) is 3.33. The van der Waals surface area contributed by atoms with Crippen LogP contribution in [-0.2, 0) is 11.8 Å². The van der Waals surface area contributed by atoms with E-state index in [0.717, 1.165) is 19.4 Å². The van der Waals surface area contributed by atoms with Crippen LogP contribution < -0.4 is 5.73 Å². The van der Waals surface area contributed by atoms with Crippen LogP contribution in [0.3, 0.4) is 0 Å². The summed E-state index contributed by atoms with van der Waals surface area (Å²) in [6.07, 6.45) is 3.73. The third kappa shape index (κ3) is 2.41. The van der Waals surface area contributed by atoms with Crippen LogP contribution in [0.4, 0.5) is 5.69 Å². The lowest BCUT2D eigenvalue weighted by atomic mass is 10.2. The molecule has 0 aliphatic carbocycles. The summed E-state index contributed by atoms with van der Waals surface area (Å²) in [7, 11) is 3.47. The van der Waals surface area contributed by atoms with E-state index in [1.165, 1.54) is 10.9 Å². The average Bonchev–Trinajstić information content (AvgIpc) is 2.89. The fourth-order valence-electron chi connectivity index (χ4n) is 2.07. The summed E-state index contributed by atoms with van der Waals surface area (Å²) in [6, 6.07) is 0. The maximum absolute atomic E-state index is 12.2. The monoisotopic (exact) mass is 238 g/mol. The second-order valence-electron chi connectivity index (χ2n) is 4.39. The molecule has 1 unspecified atom stereocenters. The van der Waals surface area contributed by atoms with Crippen LogP contribution in [0.5, 0.6) is 0 Å². The zero-order chi connectivity index (χ0) is 12.4. The Hall–Kier alpha value is -1.56. The van der Waals surface area contributed by atoms with Gasteiger partial charge in [-0.25, -0.2) is 0 Å². The van der Waals surface area contributed by atoms with E-state index in [1.807, 2.05) is 0 Å². The van der Waals surface area contributed by atoms with Gasteiger partial charge in [-0.2, -0.15) is 5.10 Å². The first-order chi connectivity index (χ1) is 8.09. The summed E-state index contributed by atoms with van der Waals surface area (Å²) in [6.45, 7) is 1.39. The molecule has 1 aromatic rings. The highest BCUT2D eigenvalue weighted by molar-refractivity contribution is 5.97. The lowest BCUT2D eigenvalue weighted by molar-refractivity contribution is 0.0579. The molecule has 1 aliphatic rings. The van der Waals surface area contributed by atoms with Gasteiger partial charge in [0.15, 0.2) is 0 Å². The Balaban J connectivity index is 2.04. The summed E-state index contributed by atoms with van der Waals surface area (Å²) in [5.41, 5.74) is 6.58. The van der Waals surface area contributed by atoms with Crippen LogP contribution in [0.15, 0.2) is 6.20 Å². The van der Waals surface area contributed by atoms with Gasteiger partial charge in [0.25, 0.3) is 5.91 Å². The molecule has 0 saturated carbocycles. The van der Waals surface area contributed by atoms with Crippen molar-refractivity contribution < 1.29 is 9.53 Å². The maximum Gasteiger partial charge on any atom is 0.274 e. The largest absolute Gasteiger partial charge is 0.396 e. The maximum atomic E-state index is 12.2. The van der Waals surface area contributed by atoms with Crippen molar-refractivity contribution >= 4 is 11.6 Å². The first-order valence-electron chi connectivity index (χ1n) is 5.74. The van der Waals surface area contributed by atoms with Crippen LogP contribution in [0.25, 0.3) is 0 Å². The summed E-state index contributed by atoms with van der Waals surface area (Å²) >= 11 is 0. The van der Waals surface area contributed by atoms with Crippen molar-refractivity contribution in [3.05, 3.63) is 11.9 Å². The van der Waals surface area contributed by atoms with Crippen molar-refractivity contribution in [2.75, 3.05) is 25.9 Å². The molecule has 2 heterocycles. The normalized spacial score (nSPS) is 19.5. The fraction of sp³-hybridized carbons (Fsp3) is 0.636. The van der Waals surface area contributed by atoms with E-state index < -0.39 is 0 Å². The minimum atomic E-state index is -0.113. The first-order valence-corrected chi connectivity index (χ1v) is 5.74. The van der Waals surface area contributed by atoms with Crippen molar-refractivity contribution in [2.45, 2.75) is 18.9 Å². The highest BCUT2D eigenvalue weighted by Crippen LogP contribution is 2.16. The minimum Gasteiger partial charge on any atom is -0.396 e. The zero-order valence-corrected chi connectivity index (χ0v) is 10.2. The van der Waals surface area contributed by atoms with Gasteiger partial charge >= 0.3 is 0 Å². The molecule has 94 valence electrons. The molecular weight excluding hydrogens is 220 g/mol. The number of nitrogens with zero attached hydrogens (tertiary/aromatic N) is 3. The second kappa shape index (κ2) is 4.75. The lowest BCUT2D eigenvalue weighted by Gasteiger charge is -2.21. The van der Waals surface area contributed by atoms with Crippen LogP contribution in [-0.4, -0.2) is 46.9 Å². The van der Waals surface area contributed by atoms with E-state index >= 15 is 0 Å². The molecule has 6 heteroatoms. The molecule has 0 aromatic carbocycles. The summed E-state index contributed by atoms with van der Waals surface area (Å²) < 4.78 is 7.01. The Morgan fingerprint density at radius 1 is 1.76 bits per heavy atom. The zero-order valence-electron chi connectivity index (χ0n) is 10.2. The van der Waals surface area contributed by atoms with Crippen LogP contribution >= 0.6 is 0 Å². The molecule has 1 amide bonds. The number of carbonyl (C=O) groups is 1. The van der Waals surface area contributed by atoms with Crippen molar-refractivity contribution in [3.63, 3.8) is 0 Å². The molecule has 6 nitrogen and oxygen atoms in total. The number of carbonyl (C=O) groups excluding carboxylic acids is 1. The fourth-order valence-corrected chi connectivity index (χ4v) is 2.07. The third-order valence-corrected chi connectivity index (χ3v) is 3.02. The van der Waals surface area contributed by atoms with Gasteiger partial charge in [-0.05, 0) is 12.8 Å². The van der Waals surface area contributed by atoms with E-state index in [9.17, 15) is 4.79 Å². The predicted molar refractivity (Wildman–Crippen MR) is 63.6 cm³/mol. The molecule has 0 bridgehead atoms. The number of likely N-dealkylation sites (N-methyl/N-ethyl adjacent to an activating group) is 1. The van der Waals surface area contributed by atoms with Gasteiger partial charge in [-0.3, -0.25) is 9.48 Å². The number of hydrogen-bond donors (Lipinski definition) is 1. The van der Waals surface area contributed by atoms with E-state index in [2.05, 4.69) is 5.10 Å². The third-order valence-electron chi connectivity index (χ3n) is 3.02. The van der Waals surface area contributed by atoms with E-state index in [-0.39, 0.29) is 12.0 Å². The standard InChI is InChI=1S/C11H18N4O2/c1-14(7-8-4-3-5-17-8)11(16)10-9(12)6-13-15(10)2/h6,8H,3-5,7,12H2,1-2H3. The quantitative estimate of drug-likeness (QED) is 0.819. The molecule has 0 spiro atoms. The van der Waals surface area contributed by atoms with Crippen LogP contribution in [0.1, 0.15) is 23.3 Å². The molecule has 2 N–H and O–H groups in total. The number of ether oxygens (including phenoxy) is 1. The van der Waals surface area contributed by atoms with Gasteiger partial charge < -0.3 is 15.4 Å². The molecule has 0 radical (unpaired) electrons. The van der Waals surface area contributed by atoms with Crippen molar-refractivity contribution in [1.29, 1.82) is 0 Å². The summed E-state index contributed by atoms with van der Waals surface area (Å²) in [5.74, 6) is -0.113. The second-order valence-corrected chi connectivity index (χ2v) is 4.39. The molecule has 1 atom stereocenters.